The maximum absolute atomic E-state index is 13.3. The molecule has 27 heavy (non-hydrogen) atoms. The second-order valence-electron chi connectivity index (χ2n) is 7.07. The Morgan fingerprint density at radius 1 is 0.926 bits per heavy atom. The fraction of sp³-hybridized carbons (Fsp3) is 0.391. The quantitative estimate of drug-likeness (QED) is 0.606. The summed E-state index contributed by atoms with van der Waals surface area (Å²) in [6.07, 6.45) is 4.38. The van der Waals surface area contributed by atoms with E-state index in [9.17, 15) is 14.7 Å². The second kappa shape index (κ2) is 9.91. The number of amides is 1. The molecule has 1 atom stereocenters. The van der Waals surface area contributed by atoms with E-state index in [0.29, 0.717) is 6.42 Å². The monoisotopic (exact) mass is 367 g/mol. The second-order valence-corrected chi connectivity index (χ2v) is 7.07. The molecule has 0 spiro atoms. The summed E-state index contributed by atoms with van der Waals surface area (Å²) < 4.78 is 0. The lowest BCUT2D eigenvalue weighted by atomic mass is 9.75. The van der Waals surface area contributed by atoms with E-state index in [4.69, 9.17) is 0 Å². The SMILES string of the molecule is CCCCCC[C@H](NC(=O)C(C)(c1ccccc1)c1ccccc1)C(=O)O. The molecule has 2 aromatic carbocycles. The predicted octanol–water partition coefficient (Wildman–Crippen LogP) is 4.53. The van der Waals surface area contributed by atoms with Gasteiger partial charge in [0, 0.05) is 0 Å². The summed E-state index contributed by atoms with van der Waals surface area (Å²) in [5, 5.41) is 12.4. The molecule has 0 saturated heterocycles. The van der Waals surface area contributed by atoms with Crippen molar-refractivity contribution in [2.45, 2.75) is 57.4 Å². The number of hydrogen-bond donors (Lipinski definition) is 2. The van der Waals surface area contributed by atoms with Gasteiger partial charge in [0.1, 0.15) is 6.04 Å². The van der Waals surface area contributed by atoms with Crippen LogP contribution in [0.25, 0.3) is 0 Å². The van der Waals surface area contributed by atoms with Gasteiger partial charge in [0.2, 0.25) is 5.91 Å². The summed E-state index contributed by atoms with van der Waals surface area (Å²) in [7, 11) is 0. The Morgan fingerprint density at radius 2 is 1.44 bits per heavy atom. The van der Waals surface area contributed by atoms with Gasteiger partial charge in [-0.15, -0.1) is 0 Å². The number of unbranched alkanes of at least 4 members (excludes halogenated alkanes) is 3. The van der Waals surface area contributed by atoms with E-state index < -0.39 is 17.4 Å². The third-order valence-corrected chi connectivity index (χ3v) is 5.11. The highest BCUT2D eigenvalue weighted by Gasteiger charge is 2.38. The zero-order valence-corrected chi connectivity index (χ0v) is 16.2. The first-order valence-corrected chi connectivity index (χ1v) is 9.65. The molecule has 0 saturated carbocycles. The van der Waals surface area contributed by atoms with E-state index >= 15 is 0 Å². The highest BCUT2D eigenvalue weighted by Crippen LogP contribution is 2.32. The molecule has 144 valence electrons. The van der Waals surface area contributed by atoms with E-state index in [2.05, 4.69) is 12.2 Å². The Morgan fingerprint density at radius 3 is 1.89 bits per heavy atom. The van der Waals surface area contributed by atoms with E-state index in [1.54, 1.807) is 0 Å². The predicted molar refractivity (Wildman–Crippen MR) is 108 cm³/mol. The third-order valence-electron chi connectivity index (χ3n) is 5.11. The number of carboxylic acids is 1. The molecule has 4 heteroatoms. The van der Waals surface area contributed by atoms with Crippen molar-refractivity contribution in [3.63, 3.8) is 0 Å². The van der Waals surface area contributed by atoms with Gasteiger partial charge in [-0.2, -0.15) is 0 Å². The Labute approximate surface area is 161 Å². The lowest BCUT2D eigenvalue weighted by Crippen LogP contribution is -2.50. The standard InChI is InChI=1S/C23H29NO3/c1-3-4-5-12-17-20(21(25)26)24-22(27)23(2,18-13-8-6-9-14-18)19-15-10-7-11-16-19/h6-11,13-16,20H,3-5,12,17H2,1-2H3,(H,24,27)(H,25,26)/t20-/m0/s1. The number of aliphatic carboxylic acids is 1. The van der Waals surface area contributed by atoms with Gasteiger partial charge in [0.15, 0.2) is 0 Å². The first-order valence-electron chi connectivity index (χ1n) is 9.65. The molecule has 0 unspecified atom stereocenters. The molecule has 0 heterocycles. The molecule has 0 radical (unpaired) electrons. The maximum Gasteiger partial charge on any atom is 0.326 e. The maximum atomic E-state index is 13.3. The summed E-state index contributed by atoms with van der Waals surface area (Å²) in [4.78, 5) is 25.0. The summed E-state index contributed by atoms with van der Waals surface area (Å²) in [5.41, 5.74) is 0.715. The van der Waals surface area contributed by atoms with E-state index in [1.165, 1.54) is 0 Å². The Kier molecular flexibility index (Phi) is 7.59. The minimum atomic E-state index is -0.983. The summed E-state index contributed by atoms with van der Waals surface area (Å²) in [6.45, 7) is 3.96. The number of rotatable bonds is 10. The minimum Gasteiger partial charge on any atom is -0.480 e. The zero-order chi connectivity index (χ0) is 19.7. The van der Waals surface area contributed by atoms with Crippen molar-refractivity contribution in [1.29, 1.82) is 0 Å². The molecule has 0 bridgehead atoms. The molecule has 1 amide bonds. The van der Waals surface area contributed by atoms with Crippen molar-refractivity contribution in [2.24, 2.45) is 0 Å². The van der Waals surface area contributed by atoms with Crippen LogP contribution in [0.15, 0.2) is 60.7 Å². The van der Waals surface area contributed by atoms with Crippen molar-refractivity contribution in [3.05, 3.63) is 71.8 Å². The average Bonchev–Trinajstić information content (AvgIpc) is 2.70. The van der Waals surface area contributed by atoms with Gasteiger partial charge in [0.05, 0.1) is 5.41 Å². The van der Waals surface area contributed by atoms with E-state index in [0.717, 1.165) is 36.8 Å². The fourth-order valence-electron chi connectivity index (χ4n) is 3.31. The number of hydrogen-bond acceptors (Lipinski definition) is 2. The fourth-order valence-corrected chi connectivity index (χ4v) is 3.31. The lowest BCUT2D eigenvalue weighted by Gasteiger charge is -2.31. The smallest absolute Gasteiger partial charge is 0.326 e. The Balaban J connectivity index is 2.27. The highest BCUT2D eigenvalue weighted by atomic mass is 16.4. The number of benzene rings is 2. The van der Waals surface area contributed by atoms with Crippen LogP contribution < -0.4 is 5.32 Å². The van der Waals surface area contributed by atoms with Gasteiger partial charge in [-0.05, 0) is 24.5 Å². The number of carbonyl (C=O) groups is 2. The van der Waals surface area contributed by atoms with Crippen LogP contribution in [0, 0.1) is 0 Å². The molecule has 2 rings (SSSR count). The number of nitrogens with one attached hydrogen (secondary N) is 1. The number of carbonyl (C=O) groups excluding carboxylic acids is 1. The molecular weight excluding hydrogens is 338 g/mol. The first-order chi connectivity index (χ1) is 13.0. The van der Waals surface area contributed by atoms with Crippen molar-refractivity contribution >= 4 is 11.9 Å². The van der Waals surface area contributed by atoms with Gasteiger partial charge in [0.25, 0.3) is 0 Å². The largest absolute Gasteiger partial charge is 0.480 e. The lowest BCUT2D eigenvalue weighted by molar-refractivity contribution is -0.142. The van der Waals surface area contributed by atoms with Crippen LogP contribution >= 0.6 is 0 Å². The molecular formula is C23H29NO3. The van der Waals surface area contributed by atoms with Crippen LogP contribution in [-0.2, 0) is 15.0 Å². The Hall–Kier alpha value is -2.62. The topological polar surface area (TPSA) is 66.4 Å². The van der Waals surface area contributed by atoms with Crippen LogP contribution in [-0.4, -0.2) is 23.0 Å². The van der Waals surface area contributed by atoms with Crippen molar-refractivity contribution in [2.75, 3.05) is 0 Å². The molecule has 0 fully saturated rings. The Bertz CT molecular complexity index is 688. The molecule has 2 N–H and O–H groups in total. The van der Waals surface area contributed by atoms with Crippen molar-refractivity contribution in [1.82, 2.24) is 5.32 Å². The van der Waals surface area contributed by atoms with Crippen LogP contribution in [0.4, 0.5) is 0 Å². The summed E-state index contributed by atoms with van der Waals surface area (Å²) >= 11 is 0. The van der Waals surface area contributed by atoms with Gasteiger partial charge >= 0.3 is 5.97 Å². The van der Waals surface area contributed by atoms with E-state index in [1.807, 2.05) is 67.6 Å². The normalized spacial score (nSPS) is 12.4. The third kappa shape index (κ3) is 5.19. The summed E-state index contributed by atoms with van der Waals surface area (Å²) in [5.74, 6) is -1.27. The van der Waals surface area contributed by atoms with Crippen LogP contribution in [0.5, 0.6) is 0 Å². The molecule has 0 aliphatic carbocycles. The minimum absolute atomic E-state index is 0.289. The molecule has 2 aromatic rings. The molecule has 4 nitrogen and oxygen atoms in total. The van der Waals surface area contributed by atoms with Crippen molar-refractivity contribution in [3.8, 4) is 0 Å². The molecule has 0 aromatic heterocycles. The number of carboxylic acid groups (broad SMARTS) is 1. The first kappa shape index (κ1) is 20.7. The van der Waals surface area contributed by atoms with Gasteiger partial charge < -0.3 is 10.4 Å². The van der Waals surface area contributed by atoms with Gasteiger partial charge in [-0.1, -0.05) is 93.3 Å². The van der Waals surface area contributed by atoms with E-state index in [-0.39, 0.29) is 5.91 Å². The summed E-state index contributed by atoms with van der Waals surface area (Å²) in [6, 6.07) is 18.1. The molecule has 0 aliphatic heterocycles. The highest BCUT2D eigenvalue weighted by molar-refractivity contribution is 5.94. The van der Waals surface area contributed by atoms with Crippen LogP contribution in [0.3, 0.4) is 0 Å². The van der Waals surface area contributed by atoms with Crippen molar-refractivity contribution < 1.29 is 14.7 Å². The van der Waals surface area contributed by atoms with Crippen LogP contribution in [0.1, 0.15) is 57.1 Å². The van der Waals surface area contributed by atoms with Crippen LogP contribution in [0.2, 0.25) is 0 Å². The zero-order valence-electron chi connectivity index (χ0n) is 16.2. The molecule has 0 aliphatic rings. The van der Waals surface area contributed by atoms with Gasteiger partial charge in [-0.25, -0.2) is 4.79 Å². The average molecular weight is 367 g/mol. The van der Waals surface area contributed by atoms with Gasteiger partial charge in [-0.3, -0.25) is 4.79 Å².